The van der Waals surface area contributed by atoms with Gasteiger partial charge in [-0.25, -0.2) is 4.98 Å². The number of hydrogen-bond acceptors (Lipinski definition) is 4. The van der Waals surface area contributed by atoms with Crippen molar-refractivity contribution in [2.45, 2.75) is 20.0 Å². The Balaban J connectivity index is 2.59. The molecule has 0 aliphatic rings. The molecule has 0 unspecified atom stereocenters. The van der Waals surface area contributed by atoms with Crippen LogP contribution in [0, 0.1) is 11.8 Å². The van der Waals surface area contributed by atoms with Gasteiger partial charge < -0.3 is 15.2 Å². The van der Waals surface area contributed by atoms with Crippen LogP contribution in [0.15, 0.2) is 18.3 Å². The van der Waals surface area contributed by atoms with Gasteiger partial charge in [0.05, 0.1) is 6.10 Å². The monoisotopic (exact) mass is 248 g/mol. The van der Waals surface area contributed by atoms with Gasteiger partial charge in [0, 0.05) is 11.8 Å². The number of nitrogens with zero attached hydrogens (tertiary/aromatic N) is 1. The Bertz CT molecular complexity index is 461. The second-order valence-corrected chi connectivity index (χ2v) is 3.80. The third kappa shape index (κ3) is 5.43. The maximum atomic E-state index is 11.5. The van der Waals surface area contributed by atoms with E-state index in [0.717, 1.165) is 0 Å². The first kappa shape index (κ1) is 14.2. The molecule has 5 heteroatoms. The second kappa shape index (κ2) is 7.43. The van der Waals surface area contributed by atoms with Crippen molar-refractivity contribution in [1.82, 2.24) is 4.98 Å². The van der Waals surface area contributed by atoms with Crippen molar-refractivity contribution in [3.05, 3.63) is 23.9 Å². The predicted octanol–water partition coefficient (Wildman–Crippen LogP) is 0.789. The number of rotatable bonds is 4. The Morgan fingerprint density at radius 2 is 2.39 bits per heavy atom. The highest BCUT2D eigenvalue weighted by Gasteiger charge is 2.04. The largest absolute Gasteiger partial charge is 0.384 e. The number of aliphatic hydroxyl groups is 1. The van der Waals surface area contributed by atoms with Gasteiger partial charge in [0.15, 0.2) is 0 Å². The van der Waals surface area contributed by atoms with E-state index in [4.69, 9.17) is 9.84 Å². The molecule has 0 saturated carbocycles. The summed E-state index contributed by atoms with van der Waals surface area (Å²) in [6.07, 6.45) is 1.55. The van der Waals surface area contributed by atoms with E-state index in [1.165, 1.54) is 0 Å². The number of carbonyl (C=O) groups is 1. The maximum absolute atomic E-state index is 11.5. The molecule has 0 spiro atoms. The lowest BCUT2D eigenvalue weighted by Crippen LogP contribution is -2.21. The van der Waals surface area contributed by atoms with Gasteiger partial charge >= 0.3 is 0 Å². The van der Waals surface area contributed by atoms with Crippen LogP contribution in [0.4, 0.5) is 5.82 Å². The summed E-state index contributed by atoms with van der Waals surface area (Å²) < 4.78 is 5.17. The number of aliphatic hydroxyl groups excluding tert-OH is 1. The van der Waals surface area contributed by atoms with Crippen molar-refractivity contribution in [1.29, 1.82) is 0 Å². The summed E-state index contributed by atoms with van der Waals surface area (Å²) in [5.74, 6) is 5.41. The van der Waals surface area contributed by atoms with Crippen LogP contribution >= 0.6 is 0 Å². The zero-order chi connectivity index (χ0) is 13.4. The van der Waals surface area contributed by atoms with Gasteiger partial charge in [-0.15, -0.1) is 0 Å². The molecule has 1 amide bonds. The van der Waals surface area contributed by atoms with Crippen LogP contribution in [0.25, 0.3) is 0 Å². The van der Waals surface area contributed by atoms with Crippen molar-refractivity contribution < 1.29 is 14.6 Å². The SMILES string of the molecule is CC(C)OCC(=O)Nc1cc(C#CCO)ccn1. The average Bonchev–Trinajstić information content (AvgIpc) is 2.34. The zero-order valence-corrected chi connectivity index (χ0v) is 10.4. The molecule has 1 aromatic rings. The first-order valence-corrected chi connectivity index (χ1v) is 5.59. The van der Waals surface area contributed by atoms with Crippen LogP contribution in [-0.2, 0) is 9.53 Å². The fourth-order valence-corrected chi connectivity index (χ4v) is 1.14. The summed E-state index contributed by atoms with van der Waals surface area (Å²) in [6.45, 7) is 3.51. The minimum Gasteiger partial charge on any atom is -0.384 e. The molecule has 0 bridgehead atoms. The van der Waals surface area contributed by atoms with Crippen LogP contribution in [0.5, 0.6) is 0 Å². The topological polar surface area (TPSA) is 71.5 Å². The number of pyridine rings is 1. The van der Waals surface area contributed by atoms with Crippen LogP contribution in [0.1, 0.15) is 19.4 Å². The number of hydrogen-bond donors (Lipinski definition) is 2. The second-order valence-electron chi connectivity index (χ2n) is 3.80. The molecule has 0 fully saturated rings. The summed E-state index contributed by atoms with van der Waals surface area (Å²) in [7, 11) is 0. The molecule has 1 aromatic heterocycles. The molecule has 0 aliphatic carbocycles. The Kier molecular flexibility index (Phi) is 5.85. The third-order valence-corrected chi connectivity index (χ3v) is 1.89. The van der Waals surface area contributed by atoms with Gasteiger partial charge in [-0.1, -0.05) is 11.8 Å². The van der Waals surface area contributed by atoms with Crippen molar-refractivity contribution in [3.63, 3.8) is 0 Å². The number of aromatic nitrogens is 1. The summed E-state index contributed by atoms with van der Waals surface area (Å²) in [6, 6.07) is 3.33. The molecule has 0 aliphatic heterocycles. The number of anilines is 1. The van der Waals surface area contributed by atoms with Gasteiger partial charge in [-0.3, -0.25) is 4.79 Å². The summed E-state index contributed by atoms with van der Waals surface area (Å²) in [5.41, 5.74) is 0.680. The van der Waals surface area contributed by atoms with E-state index in [1.54, 1.807) is 18.3 Å². The van der Waals surface area contributed by atoms with Gasteiger partial charge in [0.25, 0.3) is 5.91 Å². The van der Waals surface area contributed by atoms with E-state index in [9.17, 15) is 4.79 Å². The van der Waals surface area contributed by atoms with Crippen LogP contribution in [0.2, 0.25) is 0 Å². The normalized spacial score (nSPS) is 9.78. The molecule has 0 atom stereocenters. The minimum absolute atomic E-state index is 0.00506. The summed E-state index contributed by atoms with van der Waals surface area (Å²) in [5, 5.41) is 11.2. The maximum Gasteiger partial charge on any atom is 0.251 e. The summed E-state index contributed by atoms with van der Waals surface area (Å²) >= 11 is 0. The standard InChI is InChI=1S/C13H16N2O3/c1-10(2)18-9-13(17)15-12-8-11(4-3-7-16)5-6-14-12/h5-6,8,10,16H,7,9H2,1-2H3,(H,14,15,17). The lowest BCUT2D eigenvalue weighted by Gasteiger charge is -2.07. The van der Waals surface area contributed by atoms with Crippen LogP contribution in [-0.4, -0.2) is 35.3 Å². The van der Waals surface area contributed by atoms with Crippen molar-refractivity contribution >= 4 is 11.7 Å². The van der Waals surface area contributed by atoms with E-state index in [-0.39, 0.29) is 25.2 Å². The molecule has 96 valence electrons. The summed E-state index contributed by atoms with van der Waals surface area (Å²) in [4.78, 5) is 15.5. The molecule has 0 saturated heterocycles. The van der Waals surface area contributed by atoms with Gasteiger partial charge in [0.2, 0.25) is 0 Å². The molecule has 5 nitrogen and oxygen atoms in total. The molecule has 1 rings (SSSR count). The van der Waals surface area contributed by atoms with Crippen LogP contribution in [0.3, 0.4) is 0 Å². The lowest BCUT2D eigenvalue weighted by atomic mass is 10.2. The van der Waals surface area contributed by atoms with Crippen molar-refractivity contribution in [2.24, 2.45) is 0 Å². The highest BCUT2D eigenvalue weighted by molar-refractivity contribution is 5.90. The fourth-order valence-electron chi connectivity index (χ4n) is 1.14. The van der Waals surface area contributed by atoms with Crippen molar-refractivity contribution in [2.75, 3.05) is 18.5 Å². The fraction of sp³-hybridized carbons (Fsp3) is 0.385. The number of amides is 1. The zero-order valence-electron chi connectivity index (χ0n) is 10.4. The molecule has 2 N–H and O–H groups in total. The van der Waals surface area contributed by atoms with Gasteiger partial charge in [0.1, 0.15) is 19.0 Å². The smallest absolute Gasteiger partial charge is 0.251 e. The Morgan fingerprint density at radius 1 is 1.61 bits per heavy atom. The molecule has 18 heavy (non-hydrogen) atoms. The van der Waals surface area contributed by atoms with Gasteiger partial charge in [-0.05, 0) is 26.0 Å². The van der Waals surface area contributed by atoms with E-state index in [0.29, 0.717) is 11.4 Å². The number of nitrogens with one attached hydrogen (secondary N) is 1. The third-order valence-electron chi connectivity index (χ3n) is 1.89. The highest BCUT2D eigenvalue weighted by atomic mass is 16.5. The Labute approximate surface area is 106 Å². The average molecular weight is 248 g/mol. The first-order chi connectivity index (χ1) is 8.61. The van der Waals surface area contributed by atoms with Crippen LogP contribution < -0.4 is 5.32 Å². The molecule has 1 heterocycles. The first-order valence-electron chi connectivity index (χ1n) is 5.59. The van der Waals surface area contributed by atoms with E-state index < -0.39 is 0 Å². The minimum atomic E-state index is -0.261. The van der Waals surface area contributed by atoms with E-state index >= 15 is 0 Å². The molecular weight excluding hydrogens is 232 g/mol. The van der Waals surface area contributed by atoms with Crippen molar-refractivity contribution in [3.8, 4) is 11.8 Å². The van der Waals surface area contributed by atoms with E-state index in [1.807, 2.05) is 13.8 Å². The predicted molar refractivity (Wildman–Crippen MR) is 67.9 cm³/mol. The number of ether oxygens (including phenoxy) is 1. The Hall–Kier alpha value is -1.90. The lowest BCUT2D eigenvalue weighted by molar-refractivity contribution is -0.121. The molecular formula is C13H16N2O3. The molecule has 0 aromatic carbocycles. The quantitative estimate of drug-likeness (QED) is 0.773. The number of carbonyl (C=O) groups excluding carboxylic acids is 1. The Morgan fingerprint density at radius 3 is 3.06 bits per heavy atom. The highest BCUT2D eigenvalue weighted by Crippen LogP contribution is 2.05. The van der Waals surface area contributed by atoms with Gasteiger partial charge in [-0.2, -0.15) is 0 Å². The molecule has 0 radical (unpaired) electrons. The van der Waals surface area contributed by atoms with E-state index in [2.05, 4.69) is 22.1 Å².